The molecule has 0 saturated heterocycles. The van der Waals surface area contributed by atoms with E-state index < -0.39 is 0 Å². The molecule has 3 aromatic carbocycles. The van der Waals surface area contributed by atoms with Crippen LogP contribution in [0.25, 0.3) is 0 Å². The van der Waals surface area contributed by atoms with Gasteiger partial charge in [-0.1, -0.05) is 36.4 Å². The fourth-order valence-corrected chi connectivity index (χ4v) is 3.16. The summed E-state index contributed by atoms with van der Waals surface area (Å²) in [5.41, 5.74) is 3.33. The number of nitrogens with one attached hydrogen (secondary N) is 3. The molecule has 0 radical (unpaired) electrons. The molecular weight excluding hydrogens is 402 g/mol. The van der Waals surface area contributed by atoms with Gasteiger partial charge in [-0.2, -0.15) is 0 Å². The minimum atomic E-state index is -0.168. The van der Waals surface area contributed by atoms with Gasteiger partial charge in [0.2, 0.25) is 5.91 Å². The number of carbonyl (C=O) groups excluding carboxylic acids is 2. The van der Waals surface area contributed by atoms with Crippen LogP contribution in [-0.2, 0) is 11.2 Å². The Morgan fingerprint density at radius 3 is 2.41 bits per heavy atom. The standard InChI is InChI=1S/C26H29N3O3/c1-2-27-26(31)21-13-15-22(16-14-21)28-19-25(30)29-23-11-6-12-24(18-23)32-17-7-10-20-8-4-3-5-9-20/h3-6,8-9,11-16,18,28H,2,7,10,17,19H2,1H3,(H,27,31)(H,29,30). The van der Waals surface area contributed by atoms with Gasteiger partial charge in [-0.25, -0.2) is 0 Å². The molecule has 3 aromatic rings. The van der Waals surface area contributed by atoms with Gasteiger partial charge in [0.25, 0.3) is 5.91 Å². The van der Waals surface area contributed by atoms with E-state index in [9.17, 15) is 9.59 Å². The Kier molecular flexibility index (Phi) is 8.69. The molecule has 0 aromatic heterocycles. The molecule has 166 valence electrons. The van der Waals surface area contributed by atoms with Crippen LogP contribution in [0.1, 0.15) is 29.3 Å². The van der Waals surface area contributed by atoms with Crippen LogP contribution in [0.3, 0.4) is 0 Å². The predicted octanol–water partition coefficient (Wildman–Crippen LogP) is 4.50. The van der Waals surface area contributed by atoms with Crippen LogP contribution in [-0.4, -0.2) is 31.5 Å². The van der Waals surface area contributed by atoms with E-state index in [4.69, 9.17) is 4.74 Å². The molecule has 0 aliphatic carbocycles. The molecule has 2 amide bonds. The number of hydrogen-bond donors (Lipinski definition) is 3. The smallest absolute Gasteiger partial charge is 0.251 e. The van der Waals surface area contributed by atoms with E-state index in [1.807, 2.05) is 49.4 Å². The van der Waals surface area contributed by atoms with Crippen molar-refractivity contribution in [3.63, 3.8) is 0 Å². The summed E-state index contributed by atoms with van der Waals surface area (Å²) < 4.78 is 5.83. The molecule has 0 unspecified atom stereocenters. The lowest BCUT2D eigenvalue weighted by Crippen LogP contribution is -2.23. The quantitative estimate of drug-likeness (QED) is 0.391. The van der Waals surface area contributed by atoms with Crippen LogP contribution in [0.2, 0.25) is 0 Å². The molecule has 3 rings (SSSR count). The largest absolute Gasteiger partial charge is 0.494 e. The highest BCUT2D eigenvalue weighted by atomic mass is 16.5. The Labute approximate surface area is 189 Å². The molecule has 0 spiro atoms. The Balaban J connectivity index is 1.41. The van der Waals surface area contributed by atoms with Gasteiger partial charge in [-0.15, -0.1) is 0 Å². The lowest BCUT2D eigenvalue weighted by molar-refractivity contribution is -0.114. The van der Waals surface area contributed by atoms with E-state index >= 15 is 0 Å². The van der Waals surface area contributed by atoms with Crippen molar-refractivity contribution in [2.75, 3.05) is 30.3 Å². The van der Waals surface area contributed by atoms with Gasteiger partial charge in [0.15, 0.2) is 0 Å². The van der Waals surface area contributed by atoms with E-state index in [0.717, 1.165) is 24.3 Å². The first-order valence-electron chi connectivity index (χ1n) is 10.8. The number of hydrogen-bond acceptors (Lipinski definition) is 4. The van der Waals surface area contributed by atoms with Crippen molar-refractivity contribution in [3.05, 3.63) is 90.0 Å². The van der Waals surface area contributed by atoms with Gasteiger partial charge >= 0.3 is 0 Å². The van der Waals surface area contributed by atoms with Gasteiger partial charge in [-0.05, 0) is 61.7 Å². The number of ether oxygens (including phenoxy) is 1. The highest BCUT2D eigenvalue weighted by molar-refractivity contribution is 5.95. The maximum absolute atomic E-state index is 12.3. The van der Waals surface area contributed by atoms with Crippen molar-refractivity contribution in [1.29, 1.82) is 0 Å². The minimum Gasteiger partial charge on any atom is -0.494 e. The molecule has 0 bridgehead atoms. The van der Waals surface area contributed by atoms with Crippen LogP contribution in [0.4, 0.5) is 11.4 Å². The number of aryl methyl sites for hydroxylation is 1. The summed E-state index contributed by atoms with van der Waals surface area (Å²) in [6.07, 6.45) is 1.89. The van der Waals surface area contributed by atoms with Crippen LogP contribution in [0.15, 0.2) is 78.9 Å². The summed E-state index contributed by atoms with van der Waals surface area (Å²) in [4.78, 5) is 24.1. The molecular formula is C26H29N3O3. The topological polar surface area (TPSA) is 79.5 Å². The Morgan fingerprint density at radius 2 is 1.66 bits per heavy atom. The fourth-order valence-electron chi connectivity index (χ4n) is 3.16. The molecule has 0 heterocycles. The molecule has 6 nitrogen and oxygen atoms in total. The normalized spacial score (nSPS) is 10.3. The lowest BCUT2D eigenvalue weighted by Gasteiger charge is -2.11. The highest BCUT2D eigenvalue weighted by Crippen LogP contribution is 2.18. The number of amides is 2. The second-order valence-corrected chi connectivity index (χ2v) is 7.30. The van der Waals surface area contributed by atoms with E-state index in [-0.39, 0.29) is 18.4 Å². The first-order chi connectivity index (χ1) is 15.6. The van der Waals surface area contributed by atoms with E-state index in [2.05, 4.69) is 28.1 Å². The van der Waals surface area contributed by atoms with Crippen molar-refractivity contribution < 1.29 is 14.3 Å². The maximum atomic E-state index is 12.3. The van der Waals surface area contributed by atoms with Gasteiger partial charge in [-0.3, -0.25) is 9.59 Å². The SMILES string of the molecule is CCNC(=O)c1ccc(NCC(=O)Nc2cccc(OCCCc3ccccc3)c2)cc1. The average molecular weight is 432 g/mol. The second kappa shape index (κ2) is 12.2. The summed E-state index contributed by atoms with van der Waals surface area (Å²) in [6, 6.07) is 24.7. The molecule has 0 aliphatic rings. The summed E-state index contributed by atoms with van der Waals surface area (Å²) in [6.45, 7) is 3.18. The first kappa shape index (κ1) is 22.9. The number of benzene rings is 3. The van der Waals surface area contributed by atoms with Gasteiger partial charge in [0.05, 0.1) is 13.2 Å². The van der Waals surface area contributed by atoms with Gasteiger partial charge in [0, 0.05) is 29.5 Å². The monoisotopic (exact) mass is 431 g/mol. The molecule has 0 fully saturated rings. The number of anilines is 2. The maximum Gasteiger partial charge on any atom is 0.251 e. The van der Waals surface area contributed by atoms with Crippen LogP contribution in [0.5, 0.6) is 5.75 Å². The fraction of sp³-hybridized carbons (Fsp3) is 0.231. The first-order valence-corrected chi connectivity index (χ1v) is 10.8. The average Bonchev–Trinajstić information content (AvgIpc) is 2.82. The van der Waals surface area contributed by atoms with Crippen molar-refractivity contribution in [2.24, 2.45) is 0 Å². The number of carbonyl (C=O) groups is 2. The zero-order valence-electron chi connectivity index (χ0n) is 18.3. The molecule has 6 heteroatoms. The van der Waals surface area contributed by atoms with Crippen molar-refractivity contribution in [2.45, 2.75) is 19.8 Å². The molecule has 0 saturated carbocycles. The van der Waals surface area contributed by atoms with Crippen molar-refractivity contribution in [3.8, 4) is 5.75 Å². The highest BCUT2D eigenvalue weighted by Gasteiger charge is 2.06. The van der Waals surface area contributed by atoms with Crippen LogP contribution >= 0.6 is 0 Å². The Morgan fingerprint density at radius 1 is 0.875 bits per heavy atom. The lowest BCUT2D eigenvalue weighted by atomic mass is 10.1. The molecule has 32 heavy (non-hydrogen) atoms. The predicted molar refractivity (Wildman–Crippen MR) is 128 cm³/mol. The van der Waals surface area contributed by atoms with E-state index in [0.29, 0.717) is 24.4 Å². The van der Waals surface area contributed by atoms with E-state index in [1.165, 1.54) is 5.56 Å². The zero-order chi connectivity index (χ0) is 22.6. The van der Waals surface area contributed by atoms with Crippen molar-refractivity contribution >= 4 is 23.2 Å². The van der Waals surface area contributed by atoms with Gasteiger partial charge < -0.3 is 20.7 Å². The third-order valence-electron chi connectivity index (χ3n) is 4.78. The molecule has 0 atom stereocenters. The van der Waals surface area contributed by atoms with E-state index in [1.54, 1.807) is 24.3 Å². The number of rotatable bonds is 11. The molecule has 3 N–H and O–H groups in total. The molecule has 0 aliphatic heterocycles. The van der Waals surface area contributed by atoms with Crippen molar-refractivity contribution in [1.82, 2.24) is 5.32 Å². The summed E-state index contributed by atoms with van der Waals surface area (Å²) in [7, 11) is 0. The third-order valence-corrected chi connectivity index (χ3v) is 4.78. The van der Waals surface area contributed by atoms with Crippen LogP contribution < -0.4 is 20.7 Å². The van der Waals surface area contributed by atoms with Gasteiger partial charge in [0.1, 0.15) is 5.75 Å². The summed E-state index contributed by atoms with van der Waals surface area (Å²) >= 11 is 0. The summed E-state index contributed by atoms with van der Waals surface area (Å²) in [5.74, 6) is 0.447. The third kappa shape index (κ3) is 7.47. The Bertz CT molecular complexity index is 1000. The van der Waals surface area contributed by atoms with Crippen LogP contribution in [0, 0.1) is 0 Å². The zero-order valence-corrected chi connectivity index (χ0v) is 18.3. The summed E-state index contributed by atoms with van der Waals surface area (Å²) in [5, 5.41) is 8.68. The second-order valence-electron chi connectivity index (χ2n) is 7.30. The Hall–Kier alpha value is -3.80. The minimum absolute atomic E-state index is 0.112.